The second-order valence-corrected chi connectivity index (χ2v) is 4.82. The zero-order chi connectivity index (χ0) is 14.4. The van der Waals surface area contributed by atoms with Crippen molar-refractivity contribution in [3.8, 4) is 0 Å². The number of hydrogen-bond donors (Lipinski definition) is 2. The first-order valence-corrected chi connectivity index (χ1v) is 6.74. The molecular weight excluding hydrogens is 274 g/mol. The highest BCUT2D eigenvalue weighted by Gasteiger charge is 2.05. The molecule has 0 spiro atoms. The Balaban J connectivity index is 1.80. The van der Waals surface area contributed by atoms with E-state index in [1.165, 1.54) is 11.1 Å². The summed E-state index contributed by atoms with van der Waals surface area (Å²) in [5, 5.41) is 5.73. The summed E-state index contributed by atoms with van der Waals surface area (Å²) >= 11 is 5.86. The minimum Gasteiger partial charge on any atom is -0.338 e. The van der Waals surface area contributed by atoms with Crippen LogP contribution in [0, 0.1) is 6.92 Å². The highest BCUT2D eigenvalue weighted by atomic mass is 35.5. The third-order valence-corrected chi connectivity index (χ3v) is 3.09. The third kappa shape index (κ3) is 4.24. The molecule has 1 aromatic carbocycles. The first kappa shape index (κ1) is 14.3. The van der Waals surface area contributed by atoms with Gasteiger partial charge in [-0.05, 0) is 31.0 Å². The van der Waals surface area contributed by atoms with Gasteiger partial charge in [0, 0.05) is 12.7 Å². The molecule has 4 nitrogen and oxygen atoms in total. The molecule has 2 rings (SSSR count). The minimum atomic E-state index is -0.285. The SMILES string of the molecule is Cc1cccc(CCNC(=O)Nc2cccnc2Cl)c1. The molecule has 2 aromatic rings. The molecule has 5 heteroatoms. The predicted octanol–water partition coefficient (Wildman–Crippen LogP) is 3.41. The summed E-state index contributed by atoms with van der Waals surface area (Å²) in [6.45, 7) is 2.61. The maximum atomic E-state index is 11.7. The van der Waals surface area contributed by atoms with Crippen molar-refractivity contribution in [1.82, 2.24) is 10.3 Å². The molecule has 2 N–H and O–H groups in total. The van der Waals surface area contributed by atoms with Crippen molar-refractivity contribution in [2.45, 2.75) is 13.3 Å². The molecule has 0 radical (unpaired) electrons. The summed E-state index contributed by atoms with van der Waals surface area (Å²) in [4.78, 5) is 15.6. The maximum Gasteiger partial charge on any atom is 0.319 e. The molecule has 1 aromatic heterocycles. The molecule has 0 saturated carbocycles. The van der Waals surface area contributed by atoms with Gasteiger partial charge in [-0.3, -0.25) is 0 Å². The lowest BCUT2D eigenvalue weighted by Gasteiger charge is -2.08. The van der Waals surface area contributed by atoms with Gasteiger partial charge in [0.25, 0.3) is 0 Å². The smallest absolute Gasteiger partial charge is 0.319 e. The molecule has 0 saturated heterocycles. The molecular formula is C15H16ClN3O. The van der Waals surface area contributed by atoms with Crippen LogP contribution in [-0.4, -0.2) is 17.6 Å². The van der Waals surface area contributed by atoms with Gasteiger partial charge in [0.1, 0.15) is 0 Å². The number of aryl methyl sites for hydroxylation is 1. The molecule has 0 aliphatic rings. The third-order valence-electron chi connectivity index (χ3n) is 2.79. The number of anilines is 1. The Morgan fingerprint density at radius 3 is 2.90 bits per heavy atom. The lowest BCUT2D eigenvalue weighted by molar-refractivity contribution is 0.252. The van der Waals surface area contributed by atoms with Crippen LogP contribution >= 0.6 is 11.6 Å². The van der Waals surface area contributed by atoms with Gasteiger partial charge in [-0.25, -0.2) is 9.78 Å². The average Bonchev–Trinajstić information content (AvgIpc) is 2.41. The Hall–Kier alpha value is -2.07. The summed E-state index contributed by atoms with van der Waals surface area (Å²) in [5.74, 6) is 0. The number of nitrogens with zero attached hydrogens (tertiary/aromatic N) is 1. The van der Waals surface area contributed by atoms with Crippen LogP contribution in [-0.2, 0) is 6.42 Å². The van der Waals surface area contributed by atoms with Crippen LogP contribution in [0.25, 0.3) is 0 Å². The fourth-order valence-corrected chi connectivity index (χ4v) is 2.00. The second kappa shape index (κ2) is 6.91. The van der Waals surface area contributed by atoms with E-state index < -0.39 is 0 Å². The first-order valence-electron chi connectivity index (χ1n) is 6.36. The quantitative estimate of drug-likeness (QED) is 0.848. The highest BCUT2D eigenvalue weighted by Crippen LogP contribution is 2.16. The van der Waals surface area contributed by atoms with E-state index in [2.05, 4.69) is 21.7 Å². The van der Waals surface area contributed by atoms with Gasteiger partial charge in [-0.15, -0.1) is 0 Å². The molecule has 0 fully saturated rings. The van der Waals surface area contributed by atoms with E-state index in [0.717, 1.165) is 6.42 Å². The van der Waals surface area contributed by atoms with E-state index in [9.17, 15) is 4.79 Å². The number of carbonyl (C=O) groups is 1. The van der Waals surface area contributed by atoms with Crippen LogP contribution in [0.5, 0.6) is 0 Å². The van der Waals surface area contributed by atoms with Gasteiger partial charge in [-0.2, -0.15) is 0 Å². The monoisotopic (exact) mass is 289 g/mol. The number of halogens is 1. The zero-order valence-electron chi connectivity index (χ0n) is 11.2. The van der Waals surface area contributed by atoms with Gasteiger partial charge >= 0.3 is 6.03 Å². The van der Waals surface area contributed by atoms with Crippen molar-refractivity contribution in [2.75, 3.05) is 11.9 Å². The van der Waals surface area contributed by atoms with Gasteiger partial charge in [0.05, 0.1) is 5.69 Å². The van der Waals surface area contributed by atoms with E-state index in [4.69, 9.17) is 11.6 Å². The molecule has 104 valence electrons. The van der Waals surface area contributed by atoms with Gasteiger partial charge in [-0.1, -0.05) is 41.4 Å². The fraction of sp³-hybridized carbons (Fsp3) is 0.200. The lowest BCUT2D eigenvalue weighted by Crippen LogP contribution is -2.30. The number of rotatable bonds is 4. The summed E-state index contributed by atoms with van der Waals surface area (Å²) in [5.41, 5.74) is 2.92. The Bertz CT molecular complexity index is 601. The Labute approximate surface area is 123 Å². The van der Waals surface area contributed by atoms with Crippen LogP contribution in [0.1, 0.15) is 11.1 Å². The zero-order valence-corrected chi connectivity index (χ0v) is 11.9. The van der Waals surface area contributed by atoms with Crippen LogP contribution in [0.3, 0.4) is 0 Å². The summed E-state index contributed by atoms with van der Waals surface area (Å²) in [6.07, 6.45) is 2.36. The Morgan fingerprint density at radius 1 is 1.30 bits per heavy atom. The van der Waals surface area contributed by atoms with Crippen molar-refractivity contribution in [1.29, 1.82) is 0 Å². The number of nitrogens with one attached hydrogen (secondary N) is 2. The number of amides is 2. The first-order chi connectivity index (χ1) is 9.65. The maximum absolute atomic E-state index is 11.7. The van der Waals surface area contributed by atoms with Crippen LogP contribution in [0.15, 0.2) is 42.6 Å². The molecule has 0 unspecified atom stereocenters. The highest BCUT2D eigenvalue weighted by molar-refractivity contribution is 6.32. The number of benzene rings is 1. The summed E-state index contributed by atoms with van der Waals surface area (Å²) < 4.78 is 0. The lowest BCUT2D eigenvalue weighted by atomic mass is 10.1. The molecule has 0 aliphatic carbocycles. The number of aromatic nitrogens is 1. The standard InChI is InChI=1S/C15H16ClN3O/c1-11-4-2-5-12(10-11)7-9-18-15(20)19-13-6-3-8-17-14(13)16/h2-6,8,10H,7,9H2,1H3,(H2,18,19,20). The molecule has 2 amide bonds. The second-order valence-electron chi connectivity index (χ2n) is 4.46. The molecule has 20 heavy (non-hydrogen) atoms. The molecule has 0 bridgehead atoms. The van der Waals surface area contributed by atoms with Gasteiger partial charge < -0.3 is 10.6 Å². The van der Waals surface area contributed by atoms with Crippen molar-refractivity contribution in [3.63, 3.8) is 0 Å². The van der Waals surface area contributed by atoms with Gasteiger partial charge in [0.2, 0.25) is 0 Å². The van der Waals surface area contributed by atoms with E-state index >= 15 is 0 Å². The normalized spacial score (nSPS) is 10.1. The summed E-state index contributed by atoms with van der Waals surface area (Å²) in [7, 11) is 0. The van der Waals surface area contributed by atoms with Crippen LogP contribution < -0.4 is 10.6 Å². The van der Waals surface area contributed by atoms with E-state index in [0.29, 0.717) is 12.2 Å². The van der Waals surface area contributed by atoms with Crippen molar-refractivity contribution < 1.29 is 4.79 Å². The number of urea groups is 1. The van der Waals surface area contributed by atoms with Crippen molar-refractivity contribution in [2.24, 2.45) is 0 Å². The van der Waals surface area contributed by atoms with E-state index in [-0.39, 0.29) is 11.2 Å². The number of carbonyl (C=O) groups excluding carboxylic acids is 1. The minimum absolute atomic E-state index is 0.279. The van der Waals surface area contributed by atoms with E-state index in [1.807, 2.05) is 25.1 Å². The number of hydrogen-bond acceptors (Lipinski definition) is 2. The predicted molar refractivity (Wildman–Crippen MR) is 81.2 cm³/mol. The summed E-state index contributed by atoms with van der Waals surface area (Å²) in [6, 6.07) is 11.4. The average molecular weight is 290 g/mol. The van der Waals surface area contributed by atoms with Crippen molar-refractivity contribution in [3.05, 3.63) is 58.9 Å². The Kier molecular flexibility index (Phi) is 4.96. The van der Waals surface area contributed by atoms with Crippen LogP contribution in [0.2, 0.25) is 5.15 Å². The molecule has 1 heterocycles. The molecule has 0 atom stereocenters. The Morgan fingerprint density at radius 2 is 2.15 bits per heavy atom. The topological polar surface area (TPSA) is 54.0 Å². The molecule has 0 aliphatic heterocycles. The van der Waals surface area contributed by atoms with Gasteiger partial charge in [0.15, 0.2) is 5.15 Å². The number of pyridine rings is 1. The fourth-order valence-electron chi connectivity index (χ4n) is 1.83. The largest absolute Gasteiger partial charge is 0.338 e. The van der Waals surface area contributed by atoms with Crippen molar-refractivity contribution >= 4 is 23.3 Å². The van der Waals surface area contributed by atoms with E-state index in [1.54, 1.807) is 18.3 Å². The van der Waals surface area contributed by atoms with Crippen LogP contribution in [0.4, 0.5) is 10.5 Å².